The Labute approximate surface area is 113 Å². The second-order valence-electron chi connectivity index (χ2n) is 4.84. The van der Waals surface area contributed by atoms with Gasteiger partial charge in [0.2, 0.25) is 0 Å². The minimum atomic E-state index is 0.383. The monoisotopic (exact) mass is 266 g/mol. The molecule has 0 amide bonds. The fourth-order valence-electron chi connectivity index (χ4n) is 2.16. The molecule has 18 heavy (non-hydrogen) atoms. The van der Waals surface area contributed by atoms with Gasteiger partial charge in [-0.05, 0) is 40.1 Å². The largest absolute Gasteiger partial charge is 0.324 e. The molecular weight excluding hydrogens is 248 g/mol. The highest BCUT2D eigenvalue weighted by Gasteiger charge is 2.15. The van der Waals surface area contributed by atoms with Crippen LogP contribution in [0.1, 0.15) is 25.2 Å². The summed E-state index contributed by atoms with van der Waals surface area (Å²) < 4.78 is 2.23. The van der Waals surface area contributed by atoms with Crippen molar-refractivity contribution in [1.29, 1.82) is 0 Å². The normalized spacial score (nSPS) is 13.4. The van der Waals surface area contributed by atoms with E-state index in [0.717, 1.165) is 29.8 Å². The molecule has 0 N–H and O–H groups in total. The fourth-order valence-corrected chi connectivity index (χ4v) is 2.35. The van der Waals surface area contributed by atoms with Crippen LogP contribution in [-0.4, -0.2) is 40.1 Å². The van der Waals surface area contributed by atoms with Gasteiger partial charge < -0.3 is 9.47 Å². The molecule has 4 nitrogen and oxygen atoms in total. The van der Waals surface area contributed by atoms with Crippen molar-refractivity contribution in [3.63, 3.8) is 0 Å². The predicted octanol–water partition coefficient (Wildman–Crippen LogP) is 2.68. The van der Waals surface area contributed by atoms with Gasteiger partial charge in [0.1, 0.15) is 11.3 Å². The van der Waals surface area contributed by atoms with Crippen LogP contribution in [0, 0.1) is 0 Å². The Morgan fingerprint density at radius 3 is 2.89 bits per heavy atom. The van der Waals surface area contributed by atoms with E-state index in [1.807, 2.05) is 6.07 Å². The van der Waals surface area contributed by atoms with Crippen molar-refractivity contribution in [3.05, 3.63) is 24.3 Å². The molecule has 0 saturated carbocycles. The van der Waals surface area contributed by atoms with E-state index in [-0.39, 0.29) is 0 Å². The van der Waals surface area contributed by atoms with Crippen molar-refractivity contribution in [2.24, 2.45) is 0 Å². The van der Waals surface area contributed by atoms with E-state index in [0.29, 0.717) is 11.9 Å². The molecule has 2 aromatic heterocycles. The lowest BCUT2D eigenvalue weighted by Gasteiger charge is -2.19. The Balaban J connectivity index is 2.35. The molecule has 0 radical (unpaired) electrons. The molecule has 0 fully saturated rings. The van der Waals surface area contributed by atoms with Gasteiger partial charge in [0.05, 0.1) is 17.6 Å². The van der Waals surface area contributed by atoms with E-state index in [1.54, 1.807) is 12.4 Å². The maximum absolute atomic E-state index is 6.00. The Hall–Kier alpha value is -1.13. The van der Waals surface area contributed by atoms with Gasteiger partial charge in [-0.25, -0.2) is 4.98 Å². The Bertz CT molecular complexity index is 521. The molecule has 0 aliphatic carbocycles. The summed E-state index contributed by atoms with van der Waals surface area (Å²) in [5, 5.41) is 0. The van der Waals surface area contributed by atoms with Crippen molar-refractivity contribution < 1.29 is 0 Å². The smallest absolute Gasteiger partial charge is 0.125 e. The van der Waals surface area contributed by atoms with Gasteiger partial charge in [0, 0.05) is 12.2 Å². The van der Waals surface area contributed by atoms with Gasteiger partial charge >= 0.3 is 0 Å². The van der Waals surface area contributed by atoms with Crippen molar-refractivity contribution >= 4 is 22.6 Å². The summed E-state index contributed by atoms with van der Waals surface area (Å²) in [6, 6.07) is 2.39. The number of hydrogen-bond acceptors (Lipinski definition) is 3. The number of hydrogen-bond donors (Lipinski definition) is 0. The number of alkyl halides is 1. The minimum Gasteiger partial charge on any atom is -0.324 e. The lowest BCUT2D eigenvalue weighted by atomic mass is 10.2. The van der Waals surface area contributed by atoms with Gasteiger partial charge in [0.25, 0.3) is 0 Å². The maximum atomic E-state index is 6.00. The van der Waals surface area contributed by atoms with Crippen molar-refractivity contribution in [1.82, 2.24) is 19.4 Å². The quantitative estimate of drug-likeness (QED) is 0.781. The summed E-state index contributed by atoms with van der Waals surface area (Å²) >= 11 is 6.00. The highest BCUT2D eigenvalue weighted by molar-refractivity contribution is 6.16. The van der Waals surface area contributed by atoms with Gasteiger partial charge in [-0.2, -0.15) is 0 Å². The first kappa shape index (κ1) is 13.3. The second kappa shape index (κ2) is 5.67. The van der Waals surface area contributed by atoms with Crippen LogP contribution < -0.4 is 0 Å². The van der Waals surface area contributed by atoms with Gasteiger partial charge in [-0.3, -0.25) is 4.98 Å². The standard InChI is InChI=1S/C13H19ClN4/c1-10(5-7-17(2)3)18-12-4-6-15-9-11(12)16-13(18)8-14/h4,6,9-10H,5,7-8H2,1-3H3. The third kappa shape index (κ3) is 2.65. The topological polar surface area (TPSA) is 34.0 Å². The van der Waals surface area contributed by atoms with E-state index >= 15 is 0 Å². The zero-order valence-electron chi connectivity index (χ0n) is 11.1. The van der Waals surface area contributed by atoms with Crippen LogP contribution in [0.3, 0.4) is 0 Å². The highest BCUT2D eigenvalue weighted by atomic mass is 35.5. The lowest BCUT2D eigenvalue weighted by molar-refractivity contribution is 0.358. The van der Waals surface area contributed by atoms with Crippen LogP contribution in [0.15, 0.2) is 18.5 Å². The molecule has 0 bridgehead atoms. The van der Waals surface area contributed by atoms with Gasteiger partial charge in [0.15, 0.2) is 0 Å². The zero-order valence-corrected chi connectivity index (χ0v) is 11.9. The Kier molecular flexibility index (Phi) is 4.19. The molecule has 0 aromatic carbocycles. The molecule has 5 heteroatoms. The van der Waals surface area contributed by atoms with Crippen LogP contribution in [-0.2, 0) is 5.88 Å². The molecule has 0 spiro atoms. The first-order valence-corrected chi connectivity index (χ1v) is 6.68. The van der Waals surface area contributed by atoms with E-state index in [2.05, 4.69) is 40.5 Å². The first-order chi connectivity index (χ1) is 8.63. The molecule has 2 rings (SSSR count). The molecule has 0 saturated heterocycles. The summed E-state index contributed by atoms with van der Waals surface area (Å²) in [7, 11) is 4.18. The van der Waals surface area contributed by atoms with E-state index in [9.17, 15) is 0 Å². The minimum absolute atomic E-state index is 0.383. The van der Waals surface area contributed by atoms with Gasteiger partial charge in [-0.15, -0.1) is 11.6 Å². The second-order valence-corrected chi connectivity index (χ2v) is 5.10. The van der Waals surface area contributed by atoms with Crippen LogP contribution in [0.25, 0.3) is 11.0 Å². The summed E-state index contributed by atoms with van der Waals surface area (Å²) in [6.45, 7) is 3.26. The average molecular weight is 267 g/mol. The number of pyridine rings is 1. The van der Waals surface area contributed by atoms with Crippen molar-refractivity contribution in [2.45, 2.75) is 25.3 Å². The number of rotatable bonds is 5. The summed E-state index contributed by atoms with van der Waals surface area (Å²) in [5.74, 6) is 1.35. The molecule has 0 aliphatic rings. The first-order valence-electron chi connectivity index (χ1n) is 6.15. The zero-order chi connectivity index (χ0) is 13.1. The predicted molar refractivity (Wildman–Crippen MR) is 75.0 cm³/mol. The molecule has 2 aromatic rings. The third-order valence-electron chi connectivity index (χ3n) is 3.12. The molecule has 2 heterocycles. The number of fused-ring (bicyclic) bond motifs is 1. The number of imidazole rings is 1. The van der Waals surface area contributed by atoms with E-state index in [4.69, 9.17) is 11.6 Å². The molecule has 1 unspecified atom stereocenters. The SMILES string of the molecule is CC(CCN(C)C)n1c(CCl)nc2cnccc21. The Morgan fingerprint density at radius 2 is 2.22 bits per heavy atom. The number of nitrogens with zero attached hydrogens (tertiary/aromatic N) is 4. The number of halogens is 1. The van der Waals surface area contributed by atoms with Crippen LogP contribution >= 0.6 is 11.6 Å². The molecule has 1 atom stereocenters. The summed E-state index contributed by atoms with van der Waals surface area (Å²) in [4.78, 5) is 10.8. The third-order valence-corrected chi connectivity index (χ3v) is 3.36. The van der Waals surface area contributed by atoms with Crippen LogP contribution in [0.4, 0.5) is 0 Å². The highest BCUT2D eigenvalue weighted by Crippen LogP contribution is 2.23. The van der Waals surface area contributed by atoms with E-state index < -0.39 is 0 Å². The van der Waals surface area contributed by atoms with Crippen LogP contribution in [0.5, 0.6) is 0 Å². The van der Waals surface area contributed by atoms with Crippen molar-refractivity contribution in [3.8, 4) is 0 Å². The summed E-state index contributed by atoms with van der Waals surface area (Å²) in [5.41, 5.74) is 2.04. The van der Waals surface area contributed by atoms with Crippen molar-refractivity contribution in [2.75, 3.05) is 20.6 Å². The van der Waals surface area contributed by atoms with Crippen LogP contribution in [0.2, 0.25) is 0 Å². The fraction of sp³-hybridized carbons (Fsp3) is 0.538. The molecular formula is C13H19ClN4. The Morgan fingerprint density at radius 1 is 1.44 bits per heavy atom. The van der Waals surface area contributed by atoms with E-state index in [1.165, 1.54) is 0 Å². The molecule has 0 aliphatic heterocycles. The summed E-state index contributed by atoms with van der Waals surface area (Å²) in [6.07, 6.45) is 4.67. The maximum Gasteiger partial charge on any atom is 0.125 e. The number of aromatic nitrogens is 3. The average Bonchev–Trinajstić information content (AvgIpc) is 2.74. The molecule has 98 valence electrons. The van der Waals surface area contributed by atoms with Gasteiger partial charge in [-0.1, -0.05) is 0 Å². The lowest BCUT2D eigenvalue weighted by Crippen LogP contribution is -2.18.